The maximum Gasteiger partial charge on any atom is 0.261 e. The Morgan fingerprint density at radius 3 is 2.41 bits per heavy atom. The summed E-state index contributed by atoms with van der Waals surface area (Å²) in [5.74, 6) is 0.557. The number of nitrogens with one attached hydrogen (secondary N) is 1. The maximum atomic E-state index is 12.8. The van der Waals surface area contributed by atoms with Crippen LogP contribution >= 0.6 is 11.6 Å². The molecule has 172 valence electrons. The molecule has 6 nitrogen and oxygen atoms in total. The van der Waals surface area contributed by atoms with Gasteiger partial charge in [0.15, 0.2) is 0 Å². The lowest BCUT2D eigenvalue weighted by Gasteiger charge is -2.37. The summed E-state index contributed by atoms with van der Waals surface area (Å²) in [6.07, 6.45) is 5.68. The van der Waals surface area contributed by atoms with Crippen LogP contribution in [0.1, 0.15) is 37.7 Å². The summed E-state index contributed by atoms with van der Waals surface area (Å²) in [7, 11) is -3.71. The van der Waals surface area contributed by atoms with Crippen LogP contribution in [0.15, 0.2) is 53.4 Å². The topological polar surface area (TPSA) is 69.7 Å². The summed E-state index contributed by atoms with van der Waals surface area (Å²) in [6, 6.07) is 13.7. The van der Waals surface area contributed by atoms with Crippen LogP contribution in [0.4, 0.5) is 5.69 Å². The van der Waals surface area contributed by atoms with Crippen molar-refractivity contribution in [1.82, 2.24) is 9.80 Å². The number of nitrogens with zero attached hydrogens (tertiary/aromatic N) is 2. The molecule has 0 radical (unpaired) electrons. The SMILES string of the molecule is O=C(C1CCCCC1)N1CCN(Cc2cccc(NS(=O)(=O)c3cccc(Cl)c3)c2)CC1. The predicted molar refractivity (Wildman–Crippen MR) is 127 cm³/mol. The third-order valence-corrected chi connectivity index (χ3v) is 7.94. The molecule has 32 heavy (non-hydrogen) atoms. The zero-order chi connectivity index (χ0) is 22.6. The van der Waals surface area contributed by atoms with Gasteiger partial charge in [0.25, 0.3) is 10.0 Å². The predicted octanol–water partition coefficient (Wildman–Crippen LogP) is 4.37. The van der Waals surface area contributed by atoms with E-state index in [0.717, 1.165) is 51.1 Å². The first kappa shape index (κ1) is 23.1. The second-order valence-corrected chi connectivity index (χ2v) is 10.8. The highest BCUT2D eigenvalue weighted by molar-refractivity contribution is 7.92. The lowest BCUT2D eigenvalue weighted by Crippen LogP contribution is -2.50. The number of rotatable bonds is 6. The fourth-order valence-corrected chi connectivity index (χ4v) is 5.92. The van der Waals surface area contributed by atoms with E-state index in [1.54, 1.807) is 18.2 Å². The van der Waals surface area contributed by atoms with Gasteiger partial charge in [0.1, 0.15) is 0 Å². The molecular formula is C24H30ClN3O3S. The molecule has 1 aliphatic heterocycles. The Labute approximate surface area is 195 Å². The quantitative estimate of drug-likeness (QED) is 0.673. The Bertz CT molecular complexity index is 1050. The summed E-state index contributed by atoms with van der Waals surface area (Å²) in [5, 5.41) is 0.378. The molecule has 2 aromatic carbocycles. The molecule has 1 saturated carbocycles. The summed E-state index contributed by atoms with van der Waals surface area (Å²) in [6.45, 7) is 3.90. The molecule has 0 atom stereocenters. The van der Waals surface area contributed by atoms with E-state index >= 15 is 0 Å². The average Bonchev–Trinajstić information content (AvgIpc) is 2.80. The van der Waals surface area contributed by atoms with E-state index in [2.05, 4.69) is 9.62 Å². The molecule has 1 heterocycles. The molecule has 1 N–H and O–H groups in total. The lowest BCUT2D eigenvalue weighted by atomic mass is 9.88. The van der Waals surface area contributed by atoms with Crippen LogP contribution in [0.5, 0.6) is 0 Å². The summed E-state index contributed by atoms with van der Waals surface area (Å²) in [4.78, 5) is 17.2. The monoisotopic (exact) mass is 475 g/mol. The highest BCUT2D eigenvalue weighted by Crippen LogP contribution is 2.26. The Kier molecular flexibility index (Phi) is 7.38. The fourth-order valence-electron chi connectivity index (χ4n) is 4.57. The maximum absolute atomic E-state index is 12.8. The number of sulfonamides is 1. The van der Waals surface area contributed by atoms with Crippen molar-refractivity contribution in [1.29, 1.82) is 0 Å². The molecule has 1 aliphatic carbocycles. The number of piperazine rings is 1. The normalized spacial score (nSPS) is 18.5. The second kappa shape index (κ2) is 10.2. The molecule has 2 aliphatic rings. The van der Waals surface area contributed by atoms with Gasteiger partial charge in [-0.15, -0.1) is 0 Å². The molecule has 0 unspecified atom stereocenters. The third-order valence-electron chi connectivity index (χ3n) is 6.33. The van der Waals surface area contributed by atoms with Crippen LogP contribution in [0, 0.1) is 5.92 Å². The molecule has 1 saturated heterocycles. The van der Waals surface area contributed by atoms with Gasteiger partial charge in [-0.25, -0.2) is 8.42 Å². The van der Waals surface area contributed by atoms with E-state index in [4.69, 9.17) is 11.6 Å². The fraction of sp³-hybridized carbons (Fsp3) is 0.458. The Morgan fingerprint density at radius 1 is 0.969 bits per heavy atom. The van der Waals surface area contributed by atoms with Crippen LogP contribution in [-0.4, -0.2) is 50.3 Å². The number of benzene rings is 2. The summed E-state index contributed by atoms with van der Waals surface area (Å²) < 4.78 is 28.0. The van der Waals surface area contributed by atoms with Gasteiger partial charge in [-0.1, -0.05) is 49.1 Å². The number of carbonyl (C=O) groups excluding carboxylic acids is 1. The number of amides is 1. The first-order chi connectivity index (χ1) is 15.4. The van der Waals surface area contributed by atoms with E-state index in [9.17, 15) is 13.2 Å². The van der Waals surface area contributed by atoms with E-state index in [-0.39, 0.29) is 10.8 Å². The Hall–Kier alpha value is -2.09. The van der Waals surface area contributed by atoms with E-state index < -0.39 is 10.0 Å². The molecule has 4 rings (SSSR count). The Balaban J connectivity index is 1.33. The number of halogens is 1. The zero-order valence-corrected chi connectivity index (χ0v) is 19.7. The van der Waals surface area contributed by atoms with E-state index in [1.165, 1.54) is 31.4 Å². The second-order valence-electron chi connectivity index (χ2n) is 8.70. The van der Waals surface area contributed by atoms with Crippen molar-refractivity contribution >= 4 is 33.2 Å². The molecule has 2 aromatic rings. The largest absolute Gasteiger partial charge is 0.340 e. The van der Waals surface area contributed by atoms with Crippen LogP contribution in [-0.2, 0) is 21.4 Å². The lowest BCUT2D eigenvalue weighted by molar-refractivity contribution is -0.138. The minimum atomic E-state index is -3.71. The number of anilines is 1. The average molecular weight is 476 g/mol. The van der Waals surface area contributed by atoms with Gasteiger partial charge in [0, 0.05) is 49.4 Å². The van der Waals surface area contributed by atoms with Crippen molar-refractivity contribution in [3.8, 4) is 0 Å². The summed E-state index contributed by atoms with van der Waals surface area (Å²) in [5.41, 5.74) is 1.55. The van der Waals surface area contributed by atoms with Crippen molar-refractivity contribution < 1.29 is 13.2 Å². The summed E-state index contributed by atoms with van der Waals surface area (Å²) >= 11 is 5.94. The number of hydrogen-bond donors (Lipinski definition) is 1. The first-order valence-corrected chi connectivity index (χ1v) is 13.2. The van der Waals surface area contributed by atoms with Crippen molar-refractivity contribution in [2.24, 2.45) is 5.92 Å². The molecule has 0 spiro atoms. The standard InChI is InChI=1S/C24H30ClN3O3S/c25-21-9-5-11-23(17-21)32(30,31)26-22-10-4-6-19(16-22)18-27-12-14-28(15-13-27)24(29)20-7-2-1-3-8-20/h4-6,9-11,16-17,20,26H,1-3,7-8,12-15,18H2. The minimum Gasteiger partial charge on any atom is -0.340 e. The van der Waals surface area contributed by atoms with Crippen molar-refractivity contribution in [2.45, 2.75) is 43.5 Å². The van der Waals surface area contributed by atoms with Crippen molar-refractivity contribution in [3.05, 3.63) is 59.1 Å². The van der Waals surface area contributed by atoms with Crippen LogP contribution in [0.2, 0.25) is 5.02 Å². The Morgan fingerprint density at radius 2 is 1.69 bits per heavy atom. The van der Waals surface area contributed by atoms with Crippen LogP contribution in [0.25, 0.3) is 0 Å². The molecular weight excluding hydrogens is 446 g/mol. The molecule has 2 fully saturated rings. The van der Waals surface area contributed by atoms with Gasteiger partial charge in [-0.3, -0.25) is 14.4 Å². The van der Waals surface area contributed by atoms with Crippen LogP contribution < -0.4 is 4.72 Å². The smallest absolute Gasteiger partial charge is 0.261 e. The molecule has 8 heteroatoms. The van der Waals surface area contributed by atoms with Gasteiger partial charge in [-0.05, 0) is 48.7 Å². The zero-order valence-electron chi connectivity index (χ0n) is 18.2. The van der Waals surface area contributed by atoms with Gasteiger partial charge in [0.2, 0.25) is 5.91 Å². The minimum absolute atomic E-state index is 0.133. The number of carbonyl (C=O) groups is 1. The van der Waals surface area contributed by atoms with Gasteiger partial charge < -0.3 is 4.90 Å². The molecule has 1 amide bonds. The van der Waals surface area contributed by atoms with Crippen molar-refractivity contribution in [2.75, 3.05) is 30.9 Å². The highest BCUT2D eigenvalue weighted by atomic mass is 35.5. The third kappa shape index (κ3) is 5.82. The van der Waals surface area contributed by atoms with Gasteiger partial charge in [0.05, 0.1) is 4.90 Å². The van der Waals surface area contributed by atoms with Gasteiger partial charge >= 0.3 is 0 Å². The molecule has 0 aromatic heterocycles. The van der Waals surface area contributed by atoms with Crippen molar-refractivity contribution in [3.63, 3.8) is 0 Å². The first-order valence-electron chi connectivity index (χ1n) is 11.3. The highest BCUT2D eigenvalue weighted by Gasteiger charge is 2.28. The van der Waals surface area contributed by atoms with E-state index in [1.807, 2.05) is 23.1 Å². The van der Waals surface area contributed by atoms with Gasteiger partial charge in [-0.2, -0.15) is 0 Å². The van der Waals surface area contributed by atoms with E-state index in [0.29, 0.717) is 16.6 Å². The number of hydrogen-bond acceptors (Lipinski definition) is 4. The molecule has 0 bridgehead atoms. The van der Waals surface area contributed by atoms with Crippen LogP contribution in [0.3, 0.4) is 0 Å².